The Labute approximate surface area is 203 Å². The third kappa shape index (κ3) is 6.80. The molecule has 0 bridgehead atoms. The number of hydroxylamine groups is 2. The van der Waals surface area contributed by atoms with Gasteiger partial charge >= 0.3 is 6.36 Å². The standard InChI is InChI=1S/C21H21F3N2O7S2/c1-20(2)18(25-19(28)34-20)17(26(29)12-27)11-35(30,31)16-9-7-14(8-10-16)32-13-3-5-15(6-4-13)33-21(22,23)24/h3-10,12,17-18,29H,11H2,1-2H3,(H,25,28)/t17-,18+/m1/s1. The number of thioether (sulfide) groups is 1. The van der Waals surface area contributed by atoms with E-state index in [4.69, 9.17) is 4.74 Å². The van der Waals surface area contributed by atoms with Crippen molar-refractivity contribution in [3.63, 3.8) is 0 Å². The molecular weight excluding hydrogens is 513 g/mol. The number of carbonyl (C=O) groups is 2. The summed E-state index contributed by atoms with van der Waals surface area (Å²) in [6.07, 6.45) is -4.74. The maximum absolute atomic E-state index is 13.0. The molecule has 0 saturated carbocycles. The summed E-state index contributed by atoms with van der Waals surface area (Å²) < 4.78 is 71.3. The van der Waals surface area contributed by atoms with Crippen LogP contribution < -0.4 is 14.8 Å². The molecule has 0 aromatic heterocycles. The summed E-state index contributed by atoms with van der Waals surface area (Å²) in [6.45, 7) is 3.37. The van der Waals surface area contributed by atoms with E-state index in [9.17, 15) is 36.4 Å². The first kappa shape index (κ1) is 26.6. The van der Waals surface area contributed by atoms with Crippen molar-refractivity contribution in [3.8, 4) is 17.2 Å². The van der Waals surface area contributed by atoms with Gasteiger partial charge in [0.1, 0.15) is 17.2 Å². The molecule has 2 aromatic carbocycles. The van der Waals surface area contributed by atoms with E-state index in [1.54, 1.807) is 13.8 Å². The van der Waals surface area contributed by atoms with Crippen LogP contribution in [0.2, 0.25) is 0 Å². The zero-order valence-electron chi connectivity index (χ0n) is 18.4. The Kier molecular flexibility index (Phi) is 7.57. The average Bonchev–Trinajstić information content (AvgIpc) is 3.04. The molecule has 0 radical (unpaired) electrons. The molecule has 190 valence electrons. The minimum atomic E-state index is -4.82. The van der Waals surface area contributed by atoms with Gasteiger partial charge in [0.2, 0.25) is 6.41 Å². The third-order valence-electron chi connectivity index (χ3n) is 5.08. The summed E-state index contributed by atoms with van der Waals surface area (Å²) in [5.41, 5.74) is 0. The summed E-state index contributed by atoms with van der Waals surface area (Å²) in [6, 6.07) is 7.73. The molecule has 9 nitrogen and oxygen atoms in total. The van der Waals surface area contributed by atoms with Crippen LogP contribution >= 0.6 is 11.8 Å². The van der Waals surface area contributed by atoms with E-state index in [0.29, 0.717) is 0 Å². The molecular formula is C21H21F3N2O7S2. The summed E-state index contributed by atoms with van der Waals surface area (Å²) in [5, 5.41) is 12.5. The van der Waals surface area contributed by atoms with Gasteiger partial charge < -0.3 is 14.8 Å². The fraction of sp³-hybridized carbons (Fsp3) is 0.333. The number of carbonyl (C=O) groups excluding carboxylic acids is 2. The molecule has 2 N–H and O–H groups in total. The minimum absolute atomic E-state index is 0.0768. The predicted octanol–water partition coefficient (Wildman–Crippen LogP) is 3.97. The van der Waals surface area contributed by atoms with Crippen LogP contribution in [-0.4, -0.2) is 59.3 Å². The molecule has 0 spiro atoms. The summed E-state index contributed by atoms with van der Waals surface area (Å²) in [4.78, 5) is 22.9. The number of alkyl halides is 3. The number of sulfone groups is 1. The lowest BCUT2D eigenvalue weighted by Crippen LogP contribution is -2.56. The topological polar surface area (TPSA) is 122 Å². The second-order valence-corrected chi connectivity index (χ2v) is 11.7. The lowest BCUT2D eigenvalue weighted by Gasteiger charge is -2.34. The highest BCUT2D eigenvalue weighted by atomic mass is 32.2. The number of nitrogens with one attached hydrogen (secondary N) is 1. The number of rotatable bonds is 9. The van der Waals surface area contributed by atoms with Crippen molar-refractivity contribution >= 4 is 33.2 Å². The molecule has 2 amide bonds. The van der Waals surface area contributed by atoms with Crippen LogP contribution in [0.25, 0.3) is 0 Å². The Morgan fingerprint density at radius 2 is 1.63 bits per heavy atom. The zero-order valence-corrected chi connectivity index (χ0v) is 20.0. The highest BCUT2D eigenvalue weighted by molar-refractivity contribution is 8.15. The van der Waals surface area contributed by atoms with E-state index in [2.05, 4.69) is 10.1 Å². The quantitative estimate of drug-likeness (QED) is 0.282. The van der Waals surface area contributed by atoms with Crippen molar-refractivity contribution in [3.05, 3.63) is 48.5 Å². The highest BCUT2D eigenvalue weighted by Crippen LogP contribution is 2.38. The third-order valence-corrected chi connectivity index (χ3v) is 7.93. The first-order valence-corrected chi connectivity index (χ1v) is 12.5. The van der Waals surface area contributed by atoms with Gasteiger partial charge in [-0.15, -0.1) is 13.2 Å². The second kappa shape index (κ2) is 9.95. The first-order valence-electron chi connectivity index (χ1n) is 9.99. The van der Waals surface area contributed by atoms with Crippen LogP contribution in [0.1, 0.15) is 13.8 Å². The number of amides is 2. The Morgan fingerprint density at radius 1 is 1.11 bits per heavy atom. The molecule has 2 aromatic rings. The van der Waals surface area contributed by atoms with E-state index in [1.165, 1.54) is 36.4 Å². The number of halogens is 3. The fourth-order valence-corrected chi connectivity index (χ4v) is 6.02. The van der Waals surface area contributed by atoms with E-state index in [-0.39, 0.29) is 27.9 Å². The molecule has 0 aliphatic carbocycles. The van der Waals surface area contributed by atoms with E-state index < -0.39 is 49.8 Å². The van der Waals surface area contributed by atoms with Crippen molar-refractivity contribution in [2.75, 3.05) is 5.75 Å². The lowest BCUT2D eigenvalue weighted by atomic mass is 9.96. The van der Waals surface area contributed by atoms with E-state index >= 15 is 0 Å². The van der Waals surface area contributed by atoms with Gasteiger partial charge in [-0.3, -0.25) is 14.8 Å². The lowest BCUT2D eigenvalue weighted by molar-refractivity contribution is -0.274. The highest BCUT2D eigenvalue weighted by Gasteiger charge is 2.48. The summed E-state index contributed by atoms with van der Waals surface area (Å²) in [5.74, 6) is -0.692. The summed E-state index contributed by atoms with van der Waals surface area (Å²) in [7, 11) is -4.03. The number of nitrogens with zero attached hydrogens (tertiary/aromatic N) is 1. The van der Waals surface area contributed by atoms with Gasteiger partial charge in [0.15, 0.2) is 9.84 Å². The number of hydrogen-bond donors (Lipinski definition) is 2. The van der Waals surface area contributed by atoms with Crippen LogP contribution in [0.5, 0.6) is 17.2 Å². The van der Waals surface area contributed by atoms with E-state index in [1.807, 2.05) is 0 Å². The van der Waals surface area contributed by atoms with Gasteiger partial charge in [0.05, 0.1) is 22.7 Å². The predicted molar refractivity (Wildman–Crippen MR) is 119 cm³/mol. The average molecular weight is 535 g/mol. The molecule has 1 saturated heterocycles. The van der Waals surface area contributed by atoms with Crippen molar-refractivity contribution in [2.45, 2.75) is 41.9 Å². The Morgan fingerprint density at radius 3 is 2.09 bits per heavy atom. The minimum Gasteiger partial charge on any atom is -0.457 e. The molecule has 1 aliphatic rings. The maximum atomic E-state index is 13.0. The normalized spacial score (nSPS) is 18.5. The number of hydrogen-bond acceptors (Lipinski definition) is 8. The van der Waals surface area contributed by atoms with Crippen molar-refractivity contribution in [1.82, 2.24) is 10.4 Å². The van der Waals surface area contributed by atoms with E-state index in [0.717, 1.165) is 23.9 Å². The van der Waals surface area contributed by atoms with Gasteiger partial charge in [0, 0.05) is 4.75 Å². The van der Waals surface area contributed by atoms with Crippen LogP contribution in [0, 0.1) is 0 Å². The van der Waals surface area contributed by atoms with Crippen LogP contribution in [0.15, 0.2) is 53.4 Å². The van der Waals surface area contributed by atoms with Gasteiger partial charge in [-0.1, -0.05) is 11.8 Å². The summed E-state index contributed by atoms with van der Waals surface area (Å²) >= 11 is 0.936. The molecule has 0 unspecified atom stereocenters. The number of benzene rings is 2. The van der Waals surface area contributed by atoms with Crippen LogP contribution in [0.4, 0.5) is 18.0 Å². The molecule has 3 rings (SSSR count). The van der Waals surface area contributed by atoms with Gasteiger partial charge in [-0.25, -0.2) is 13.5 Å². The molecule has 14 heteroatoms. The Balaban J connectivity index is 1.73. The first-order chi connectivity index (χ1) is 16.2. The van der Waals surface area contributed by atoms with Gasteiger partial charge in [0.25, 0.3) is 5.24 Å². The fourth-order valence-electron chi connectivity index (χ4n) is 3.48. The molecule has 1 heterocycles. The maximum Gasteiger partial charge on any atom is 0.573 e. The molecule has 1 fully saturated rings. The van der Waals surface area contributed by atoms with Crippen molar-refractivity contribution < 1.29 is 45.9 Å². The number of ether oxygens (including phenoxy) is 2. The molecule has 35 heavy (non-hydrogen) atoms. The van der Waals surface area contributed by atoms with Crippen molar-refractivity contribution in [1.29, 1.82) is 0 Å². The van der Waals surface area contributed by atoms with Crippen LogP contribution in [0.3, 0.4) is 0 Å². The Hall–Kier alpha value is -2.97. The van der Waals surface area contributed by atoms with Gasteiger partial charge in [-0.05, 0) is 62.4 Å². The monoisotopic (exact) mass is 534 g/mol. The molecule has 1 aliphatic heterocycles. The zero-order chi connectivity index (χ0) is 26.0. The van der Waals surface area contributed by atoms with Crippen LogP contribution in [-0.2, 0) is 14.6 Å². The molecule has 2 atom stereocenters. The Bertz CT molecular complexity index is 1170. The SMILES string of the molecule is CC1(C)SC(=O)N[C@H]1[C@@H](CS(=O)(=O)c1ccc(Oc2ccc(OC(F)(F)F)cc2)cc1)N(O)C=O. The largest absolute Gasteiger partial charge is 0.573 e. The smallest absolute Gasteiger partial charge is 0.457 e. The second-order valence-electron chi connectivity index (χ2n) is 8.04. The van der Waals surface area contributed by atoms with Crippen molar-refractivity contribution in [2.24, 2.45) is 0 Å². The van der Waals surface area contributed by atoms with Gasteiger partial charge in [-0.2, -0.15) is 0 Å².